The summed E-state index contributed by atoms with van der Waals surface area (Å²) in [5, 5.41) is 1.01. The van der Waals surface area contributed by atoms with Gasteiger partial charge in [0.2, 0.25) is 0 Å². The van der Waals surface area contributed by atoms with Gasteiger partial charge in [-0.25, -0.2) is 26.3 Å². The molecule has 0 atom stereocenters. The van der Waals surface area contributed by atoms with Gasteiger partial charge >= 0.3 is 0 Å². The number of aryl methyl sites for hydroxylation is 1. The van der Waals surface area contributed by atoms with Gasteiger partial charge in [-0.3, -0.25) is 0 Å². The minimum Gasteiger partial charge on any atom is -0.206 e. The molecule has 0 heterocycles. The number of unbranched alkanes of at least 4 members (excludes halogenated alkanes) is 4. The molecule has 0 N–H and O–H groups in total. The summed E-state index contributed by atoms with van der Waals surface area (Å²) in [6.07, 6.45) is 6.68. The van der Waals surface area contributed by atoms with Crippen molar-refractivity contribution in [2.24, 2.45) is 0 Å². The van der Waals surface area contributed by atoms with E-state index in [2.05, 4.69) is 6.92 Å². The van der Waals surface area contributed by atoms with E-state index in [4.69, 9.17) is 0 Å². The molecule has 0 unspecified atom stereocenters. The molecule has 4 rings (SSSR count). The van der Waals surface area contributed by atoms with E-state index in [9.17, 15) is 22.0 Å². The lowest BCUT2D eigenvalue weighted by Crippen LogP contribution is -1.97. The van der Waals surface area contributed by atoms with Crippen molar-refractivity contribution in [3.63, 3.8) is 0 Å². The van der Waals surface area contributed by atoms with E-state index in [0.29, 0.717) is 22.9 Å². The molecule has 0 aromatic heterocycles. The predicted molar refractivity (Wildman–Crippen MR) is 127 cm³/mol. The van der Waals surface area contributed by atoms with Crippen molar-refractivity contribution in [1.82, 2.24) is 0 Å². The molecular formula is C29H24F6. The summed E-state index contributed by atoms with van der Waals surface area (Å²) < 4.78 is 85.4. The van der Waals surface area contributed by atoms with Gasteiger partial charge in [-0.2, -0.15) is 0 Å². The molecule has 4 aromatic rings. The Morgan fingerprint density at radius 3 is 1.86 bits per heavy atom. The van der Waals surface area contributed by atoms with Crippen LogP contribution in [0.5, 0.6) is 0 Å². The Labute approximate surface area is 200 Å². The normalized spacial score (nSPS) is 11.4. The van der Waals surface area contributed by atoms with Crippen LogP contribution < -0.4 is 0 Å². The van der Waals surface area contributed by atoms with E-state index < -0.39 is 46.0 Å². The van der Waals surface area contributed by atoms with Gasteiger partial charge in [0.15, 0.2) is 17.5 Å². The molecule has 35 heavy (non-hydrogen) atoms. The topological polar surface area (TPSA) is 0 Å². The lowest BCUT2D eigenvalue weighted by atomic mass is 9.95. The van der Waals surface area contributed by atoms with Crippen LogP contribution in [-0.2, 0) is 6.42 Å². The zero-order chi connectivity index (χ0) is 25.1. The molecule has 6 heteroatoms. The summed E-state index contributed by atoms with van der Waals surface area (Å²) in [7, 11) is 0. The first-order chi connectivity index (χ1) is 16.8. The summed E-state index contributed by atoms with van der Waals surface area (Å²) in [5.74, 6) is -7.79. The van der Waals surface area contributed by atoms with E-state index in [1.807, 2.05) is 12.1 Å². The predicted octanol–water partition coefficient (Wildman–Crippen LogP) is 9.52. The average molecular weight is 486 g/mol. The highest BCUT2D eigenvalue weighted by atomic mass is 19.2. The molecule has 0 bridgehead atoms. The maximum Gasteiger partial charge on any atom is 0.194 e. The fourth-order valence-electron chi connectivity index (χ4n) is 4.36. The van der Waals surface area contributed by atoms with Crippen molar-refractivity contribution in [2.45, 2.75) is 45.4 Å². The zero-order valence-electron chi connectivity index (χ0n) is 19.2. The SMILES string of the molecule is CCCCCCCc1ccc2c(F)c(-c3cc(F)c(-c4cc(F)c(F)c(F)c4)c(F)c3)ccc2c1. The minimum atomic E-state index is -1.73. The molecule has 0 aliphatic heterocycles. The van der Waals surface area contributed by atoms with E-state index in [1.165, 1.54) is 25.3 Å². The minimum absolute atomic E-state index is 0.00867. The lowest BCUT2D eigenvalue weighted by Gasteiger charge is -2.12. The first-order valence-electron chi connectivity index (χ1n) is 11.7. The highest BCUT2D eigenvalue weighted by molar-refractivity contribution is 5.89. The maximum absolute atomic E-state index is 15.3. The Hall–Kier alpha value is -3.28. The maximum atomic E-state index is 15.3. The first-order valence-corrected chi connectivity index (χ1v) is 11.7. The molecule has 0 amide bonds. The van der Waals surface area contributed by atoms with Crippen LogP contribution in [0, 0.1) is 34.9 Å². The van der Waals surface area contributed by atoms with Gasteiger partial charge in [-0.1, -0.05) is 62.9 Å². The third-order valence-electron chi connectivity index (χ3n) is 6.21. The standard InChI is InChI=1S/C29H24F6/c1-2-3-4-5-6-7-17-8-10-21-18(12-17)9-11-22(28(21)34)19-13-23(30)27(24(31)14-19)20-15-25(32)29(35)26(33)16-20/h8-16H,2-7H2,1H3. The molecule has 0 saturated heterocycles. The zero-order valence-corrected chi connectivity index (χ0v) is 19.2. The Kier molecular flexibility index (Phi) is 7.48. The van der Waals surface area contributed by atoms with Gasteiger partial charge in [0, 0.05) is 10.9 Å². The first kappa shape index (κ1) is 24.8. The van der Waals surface area contributed by atoms with Crippen LogP contribution >= 0.6 is 0 Å². The largest absolute Gasteiger partial charge is 0.206 e. The van der Waals surface area contributed by atoms with Crippen LogP contribution in [0.1, 0.15) is 44.6 Å². The number of rotatable bonds is 8. The molecule has 0 aliphatic rings. The highest BCUT2D eigenvalue weighted by Gasteiger charge is 2.20. The van der Waals surface area contributed by atoms with Crippen molar-refractivity contribution in [1.29, 1.82) is 0 Å². The lowest BCUT2D eigenvalue weighted by molar-refractivity contribution is 0.447. The van der Waals surface area contributed by atoms with Crippen LogP contribution in [-0.4, -0.2) is 0 Å². The molecule has 0 aliphatic carbocycles. The van der Waals surface area contributed by atoms with Crippen molar-refractivity contribution in [3.8, 4) is 22.3 Å². The summed E-state index contributed by atoms with van der Waals surface area (Å²) in [5.41, 5.74) is -0.196. The Morgan fingerprint density at radius 2 is 1.20 bits per heavy atom. The number of benzene rings is 4. The Bertz CT molecular complexity index is 1330. The summed E-state index contributed by atoms with van der Waals surface area (Å²) >= 11 is 0. The fourth-order valence-corrected chi connectivity index (χ4v) is 4.36. The van der Waals surface area contributed by atoms with Crippen LogP contribution in [0.2, 0.25) is 0 Å². The summed E-state index contributed by atoms with van der Waals surface area (Å²) in [4.78, 5) is 0. The second-order valence-electron chi connectivity index (χ2n) is 8.72. The fraction of sp³-hybridized carbons (Fsp3) is 0.241. The van der Waals surface area contributed by atoms with E-state index in [0.717, 1.165) is 37.0 Å². The van der Waals surface area contributed by atoms with Gasteiger partial charge in [0.25, 0.3) is 0 Å². The van der Waals surface area contributed by atoms with Gasteiger partial charge in [-0.15, -0.1) is 0 Å². The van der Waals surface area contributed by atoms with Crippen molar-refractivity contribution < 1.29 is 26.3 Å². The van der Waals surface area contributed by atoms with E-state index in [-0.39, 0.29) is 11.1 Å². The van der Waals surface area contributed by atoms with Crippen LogP contribution in [0.4, 0.5) is 26.3 Å². The smallest absolute Gasteiger partial charge is 0.194 e. The number of hydrogen-bond acceptors (Lipinski definition) is 0. The molecule has 0 nitrogen and oxygen atoms in total. The highest BCUT2D eigenvalue weighted by Crippen LogP contribution is 2.35. The quantitative estimate of drug-likeness (QED) is 0.132. The van der Waals surface area contributed by atoms with Gasteiger partial charge in [0.05, 0.1) is 5.56 Å². The van der Waals surface area contributed by atoms with Crippen LogP contribution in [0.15, 0.2) is 54.6 Å². The molecular weight excluding hydrogens is 462 g/mol. The molecule has 4 aromatic carbocycles. The number of fused-ring (bicyclic) bond motifs is 1. The second kappa shape index (κ2) is 10.5. The van der Waals surface area contributed by atoms with Gasteiger partial charge < -0.3 is 0 Å². The van der Waals surface area contributed by atoms with Gasteiger partial charge in [0.1, 0.15) is 17.5 Å². The van der Waals surface area contributed by atoms with Crippen molar-refractivity contribution in [3.05, 3.63) is 95.1 Å². The number of hydrogen-bond donors (Lipinski definition) is 0. The molecule has 0 saturated carbocycles. The monoisotopic (exact) mass is 486 g/mol. The third-order valence-corrected chi connectivity index (χ3v) is 6.21. The summed E-state index contributed by atoms with van der Waals surface area (Å²) in [6, 6.07) is 11.4. The van der Waals surface area contributed by atoms with Crippen LogP contribution in [0.3, 0.4) is 0 Å². The number of halogens is 6. The second-order valence-corrected chi connectivity index (χ2v) is 8.72. The van der Waals surface area contributed by atoms with Gasteiger partial charge in [-0.05, 0) is 59.2 Å². The summed E-state index contributed by atoms with van der Waals surface area (Å²) in [6.45, 7) is 2.16. The van der Waals surface area contributed by atoms with E-state index >= 15 is 4.39 Å². The third kappa shape index (κ3) is 5.21. The van der Waals surface area contributed by atoms with Crippen LogP contribution in [0.25, 0.3) is 33.0 Å². The average Bonchev–Trinajstić information content (AvgIpc) is 2.82. The Balaban J connectivity index is 1.65. The van der Waals surface area contributed by atoms with Crippen molar-refractivity contribution >= 4 is 10.8 Å². The van der Waals surface area contributed by atoms with E-state index in [1.54, 1.807) is 12.1 Å². The molecule has 0 radical (unpaired) electrons. The molecule has 0 spiro atoms. The van der Waals surface area contributed by atoms with Crippen molar-refractivity contribution in [2.75, 3.05) is 0 Å². The molecule has 0 fully saturated rings. The molecule has 182 valence electrons. The Morgan fingerprint density at radius 1 is 0.571 bits per heavy atom.